The summed E-state index contributed by atoms with van der Waals surface area (Å²) < 4.78 is 12.1. The third kappa shape index (κ3) is 5.33. The van der Waals surface area contributed by atoms with Gasteiger partial charge in [-0.2, -0.15) is 0 Å². The molecule has 11 heteroatoms. The maximum absolute atomic E-state index is 11.6. The first kappa shape index (κ1) is 27.7. The van der Waals surface area contributed by atoms with E-state index in [0.29, 0.717) is 39.1 Å². The third-order valence-electron chi connectivity index (χ3n) is 7.12. The van der Waals surface area contributed by atoms with Crippen LogP contribution in [0.2, 0.25) is 10.0 Å². The zero-order valence-electron chi connectivity index (χ0n) is 22.2. The molecule has 39 heavy (non-hydrogen) atoms. The van der Waals surface area contributed by atoms with Crippen LogP contribution in [0, 0.1) is 0 Å². The summed E-state index contributed by atoms with van der Waals surface area (Å²) in [5.74, 6) is 0.471. The number of rotatable bonds is 8. The van der Waals surface area contributed by atoms with Gasteiger partial charge in [-0.15, -0.1) is 0 Å². The topological polar surface area (TPSA) is 91.9 Å². The molecule has 1 aliphatic heterocycles. The highest BCUT2D eigenvalue weighted by Gasteiger charge is 2.31. The average Bonchev–Trinajstić information content (AvgIpc) is 3.52. The Morgan fingerprint density at radius 2 is 2.00 bits per heavy atom. The number of carboxylic acids is 1. The second-order valence-corrected chi connectivity index (χ2v) is 11.8. The van der Waals surface area contributed by atoms with Crippen molar-refractivity contribution in [1.82, 2.24) is 15.0 Å². The number of methoxy groups -OCH3 is 1. The van der Waals surface area contributed by atoms with Crippen LogP contribution in [0.1, 0.15) is 54.8 Å². The molecule has 3 heterocycles. The van der Waals surface area contributed by atoms with Crippen molar-refractivity contribution in [3.8, 4) is 17.0 Å². The van der Waals surface area contributed by atoms with Crippen LogP contribution >= 0.6 is 34.5 Å². The average molecular weight is 590 g/mol. The minimum atomic E-state index is -0.989. The van der Waals surface area contributed by atoms with Crippen LogP contribution in [-0.2, 0) is 6.54 Å². The Morgan fingerprint density at radius 1 is 1.26 bits per heavy atom. The molecule has 206 valence electrons. The van der Waals surface area contributed by atoms with Gasteiger partial charge in [-0.05, 0) is 30.7 Å². The predicted molar refractivity (Wildman–Crippen MR) is 156 cm³/mol. The molecule has 1 saturated heterocycles. The van der Waals surface area contributed by atoms with Crippen LogP contribution in [0.4, 0.5) is 5.13 Å². The van der Waals surface area contributed by atoms with Crippen molar-refractivity contribution >= 4 is 55.9 Å². The van der Waals surface area contributed by atoms with E-state index in [1.165, 1.54) is 24.5 Å². The number of hydrogen-bond acceptors (Lipinski definition) is 8. The van der Waals surface area contributed by atoms with Gasteiger partial charge in [-0.25, -0.2) is 9.78 Å². The number of aromatic nitrogens is 2. The monoisotopic (exact) mass is 588 g/mol. The Hall–Kier alpha value is -2.85. The van der Waals surface area contributed by atoms with Crippen LogP contribution in [0.5, 0.6) is 5.75 Å². The molecule has 1 N–H and O–H groups in total. The number of carbonyl (C=O) groups is 1. The molecule has 4 aromatic rings. The van der Waals surface area contributed by atoms with Gasteiger partial charge in [0.25, 0.3) is 0 Å². The first-order valence-corrected chi connectivity index (χ1v) is 14.4. The molecule has 2 aromatic carbocycles. The summed E-state index contributed by atoms with van der Waals surface area (Å²) in [5, 5.41) is 15.9. The normalized spacial score (nSPS) is 16.4. The number of halogens is 2. The lowest BCUT2D eigenvalue weighted by Gasteiger charge is -2.41. The van der Waals surface area contributed by atoms with Gasteiger partial charge in [0.1, 0.15) is 22.7 Å². The summed E-state index contributed by atoms with van der Waals surface area (Å²) in [6.07, 6.45) is 0.924. The highest BCUT2D eigenvalue weighted by Crippen LogP contribution is 2.40. The van der Waals surface area contributed by atoms with E-state index in [4.69, 9.17) is 37.4 Å². The van der Waals surface area contributed by atoms with E-state index in [0.717, 1.165) is 47.2 Å². The molecule has 5 rings (SSSR count). The van der Waals surface area contributed by atoms with Gasteiger partial charge >= 0.3 is 5.97 Å². The summed E-state index contributed by atoms with van der Waals surface area (Å²) >= 11 is 14.6. The number of thiazole rings is 1. The third-order valence-corrected chi connectivity index (χ3v) is 8.79. The van der Waals surface area contributed by atoms with Crippen molar-refractivity contribution in [1.29, 1.82) is 0 Å². The molecule has 0 bridgehead atoms. The smallest absolute Gasteiger partial charge is 0.335 e. The molecule has 1 fully saturated rings. The van der Waals surface area contributed by atoms with E-state index in [2.05, 4.69) is 35.7 Å². The second kappa shape index (κ2) is 11.3. The largest absolute Gasteiger partial charge is 0.494 e. The van der Waals surface area contributed by atoms with E-state index in [-0.39, 0.29) is 17.5 Å². The van der Waals surface area contributed by atoms with Crippen LogP contribution < -0.4 is 9.64 Å². The molecular formula is C28H30Cl2N4O4S. The number of fused-ring (bicyclic) bond motifs is 1. The Morgan fingerprint density at radius 3 is 2.64 bits per heavy atom. The number of anilines is 1. The van der Waals surface area contributed by atoms with Gasteiger partial charge in [0.15, 0.2) is 5.13 Å². The molecule has 1 aliphatic rings. The van der Waals surface area contributed by atoms with Crippen molar-refractivity contribution in [3.05, 3.63) is 57.3 Å². The van der Waals surface area contributed by atoms with Crippen LogP contribution in [0.25, 0.3) is 21.5 Å². The SMILES string of the molecule is CCC1CN(Cc2c(-c3c(Cl)cccc3Cl)noc2C(C)C)CCN1c1nc2c(OC)cc(C(=O)O)cc2s1. The van der Waals surface area contributed by atoms with E-state index >= 15 is 0 Å². The number of nitrogens with zero attached hydrogens (tertiary/aromatic N) is 4. The van der Waals surface area contributed by atoms with E-state index in [9.17, 15) is 9.90 Å². The lowest BCUT2D eigenvalue weighted by Crippen LogP contribution is -2.52. The van der Waals surface area contributed by atoms with Crippen molar-refractivity contribution in [2.24, 2.45) is 0 Å². The first-order valence-electron chi connectivity index (χ1n) is 12.8. The zero-order chi connectivity index (χ0) is 27.8. The molecular weight excluding hydrogens is 559 g/mol. The van der Waals surface area contributed by atoms with Gasteiger partial charge in [-0.3, -0.25) is 4.90 Å². The Kier molecular flexibility index (Phi) is 8.05. The predicted octanol–water partition coefficient (Wildman–Crippen LogP) is 7.19. The van der Waals surface area contributed by atoms with Crippen LogP contribution in [0.3, 0.4) is 0 Å². The van der Waals surface area contributed by atoms with Crippen molar-refractivity contribution in [2.75, 3.05) is 31.6 Å². The van der Waals surface area contributed by atoms with Gasteiger partial charge in [0, 0.05) is 49.3 Å². The standard InChI is InChI=1S/C28H30Cl2N4O4S/c1-5-17-13-33(14-18-24(32-38-26(18)15(2)3)23-19(29)7-6-8-20(23)30)9-10-34(17)28-31-25-21(37-4)11-16(27(35)36)12-22(25)39-28/h6-8,11-12,15,17H,5,9-10,13-14H2,1-4H3,(H,35,36). The number of benzene rings is 2. The van der Waals surface area contributed by atoms with Gasteiger partial charge in [-0.1, -0.05) is 66.5 Å². The number of aromatic carboxylic acids is 1. The van der Waals surface area contributed by atoms with Gasteiger partial charge in [0.2, 0.25) is 0 Å². The summed E-state index contributed by atoms with van der Waals surface area (Å²) in [4.78, 5) is 21.2. The fraction of sp³-hybridized carbons (Fsp3) is 0.393. The van der Waals surface area contributed by atoms with Gasteiger partial charge < -0.3 is 19.3 Å². The highest BCUT2D eigenvalue weighted by atomic mass is 35.5. The van der Waals surface area contributed by atoms with Gasteiger partial charge in [0.05, 0.1) is 27.4 Å². The number of carboxylic acid groups (broad SMARTS) is 1. The van der Waals surface area contributed by atoms with E-state index in [1.807, 2.05) is 18.2 Å². The molecule has 0 aliphatic carbocycles. The lowest BCUT2D eigenvalue weighted by atomic mass is 9.99. The molecule has 8 nitrogen and oxygen atoms in total. The summed E-state index contributed by atoms with van der Waals surface area (Å²) in [7, 11) is 1.53. The molecule has 0 amide bonds. The fourth-order valence-corrected chi connectivity index (χ4v) is 6.82. The molecule has 0 saturated carbocycles. The van der Waals surface area contributed by atoms with E-state index < -0.39 is 5.97 Å². The minimum Gasteiger partial charge on any atom is -0.494 e. The van der Waals surface area contributed by atoms with E-state index in [1.54, 1.807) is 6.07 Å². The number of ether oxygens (including phenoxy) is 1. The minimum absolute atomic E-state index is 0.152. The molecule has 1 atom stereocenters. The summed E-state index contributed by atoms with van der Waals surface area (Å²) in [6.45, 7) is 9.42. The first-order chi connectivity index (χ1) is 18.7. The molecule has 0 spiro atoms. The summed E-state index contributed by atoms with van der Waals surface area (Å²) in [6, 6.07) is 8.86. The summed E-state index contributed by atoms with van der Waals surface area (Å²) in [5.41, 5.74) is 3.27. The highest BCUT2D eigenvalue weighted by molar-refractivity contribution is 7.22. The molecule has 0 radical (unpaired) electrons. The second-order valence-electron chi connectivity index (χ2n) is 9.94. The molecule has 1 unspecified atom stereocenters. The maximum atomic E-state index is 11.6. The number of hydrogen-bond donors (Lipinski definition) is 1. The quantitative estimate of drug-likeness (QED) is 0.231. The fourth-order valence-electron chi connectivity index (χ4n) is 5.13. The van der Waals surface area contributed by atoms with Crippen LogP contribution in [0.15, 0.2) is 34.9 Å². The Bertz CT molecular complexity index is 1500. The Labute approximate surface area is 241 Å². The number of piperazine rings is 1. The van der Waals surface area contributed by atoms with Crippen molar-refractivity contribution in [2.45, 2.75) is 45.7 Å². The lowest BCUT2D eigenvalue weighted by molar-refractivity contribution is 0.0696. The Balaban J connectivity index is 1.42. The zero-order valence-corrected chi connectivity index (χ0v) is 24.5. The van der Waals surface area contributed by atoms with Crippen molar-refractivity contribution in [3.63, 3.8) is 0 Å². The van der Waals surface area contributed by atoms with Crippen molar-refractivity contribution < 1.29 is 19.2 Å². The van der Waals surface area contributed by atoms with Crippen LogP contribution in [-0.4, -0.2) is 58.9 Å². The maximum Gasteiger partial charge on any atom is 0.335 e. The molecule has 2 aromatic heterocycles.